The van der Waals surface area contributed by atoms with E-state index < -0.39 is 0 Å². The predicted octanol–water partition coefficient (Wildman–Crippen LogP) is -1.04. The van der Waals surface area contributed by atoms with Crippen LogP contribution in [0.2, 0.25) is 0 Å². The van der Waals surface area contributed by atoms with Gasteiger partial charge >= 0.3 is 68.7 Å². The van der Waals surface area contributed by atoms with Crippen molar-refractivity contribution in [2.45, 2.75) is 0 Å². The van der Waals surface area contributed by atoms with Gasteiger partial charge < -0.3 is 0 Å². The smallest absolute Gasteiger partial charge is 0 e. The molecule has 0 unspecified atom stereocenters. The molecular weight excluding hydrogens is 519 g/mol. The van der Waals surface area contributed by atoms with Gasteiger partial charge in [0.25, 0.3) is 0 Å². The molecule has 34 valence electrons. The van der Waals surface area contributed by atoms with Crippen LogP contribution in [0.4, 0.5) is 0 Å². The fourth-order valence-corrected chi connectivity index (χ4v) is 0. The van der Waals surface area contributed by atoms with Crippen molar-refractivity contribution >= 4 is 48.9 Å². The fourth-order valence-electron chi connectivity index (χ4n) is 0. The zero-order chi connectivity index (χ0) is 2.00. The average Bonchev–Trinajstić information content (AvgIpc) is 1.00. The Labute approximate surface area is 153 Å². The predicted molar refractivity (Wildman–Crippen MR) is 9.23 cm³/mol. The quantitative estimate of drug-likeness (QED) is 0.373. The van der Waals surface area contributed by atoms with Gasteiger partial charge in [0, 0.05) is 89.8 Å². The molecule has 0 heterocycles. The van der Waals surface area contributed by atoms with Crippen LogP contribution in [0, 0.1) is 89.8 Å². The first kappa shape index (κ1) is 22.6. The Bertz CT molecular complexity index is 11.6. The summed E-state index contributed by atoms with van der Waals surface area (Å²) in [5, 5.41) is 0. The van der Waals surface area contributed by atoms with E-state index in [2.05, 4.69) is 15.9 Å². The Morgan fingerprint density at radius 3 is 1.20 bits per heavy atom. The van der Waals surface area contributed by atoms with Crippen molar-refractivity contribution in [1.82, 2.24) is 0 Å². The molecule has 5 heavy (non-hydrogen) atoms. The summed E-state index contributed by atoms with van der Waals surface area (Å²) in [7, 11) is 0. The van der Waals surface area contributed by atoms with Crippen molar-refractivity contribution in [3.05, 3.63) is 0 Å². The van der Waals surface area contributed by atoms with E-state index in [0.29, 0.717) is 0 Å². The topological polar surface area (TPSA) is 17.1 Å². The molecule has 0 fully saturated rings. The zero-order valence-electron chi connectivity index (χ0n) is 1.50. The van der Waals surface area contributed by atoms with Gasteiger partial charge in [0.2, 0.25) is 0 Å². The van der Waals surface area contributed by atoms with Gasteiger partial charge in [-0.2, -0.15) is 0 Å². The largest absolute Gasteiger partial charge is 0 e. The first-order valence-corrected chi connectivity index (χ1v) is 0.508. The molecule has 0 aliphatic carbocycles. The van der Waals surface area contributed by atoms with Gasteiger partial charge in [-0.25, -0.2) is 0 Å². The van der Waals surface area contributed by atoms with Crippen LogP contribution in [-0.2, 0) is 19.8 Å². The van der Waals surface area contributed by atoms with Gasteiger partial charge in [0.15, 0.2) is 0 Å². The summed E-state index contributed by atoms with van der Waals surface area (Å²) in [6, 6.07) is 0. The normalized spacial score (nSPS) is 1.20. The van der Waals surface area contributed by atoms with Crippen molar-refractivity contribution in [3.63, 3.8) is 0 Å². The van der Waals surface area contributed by atoms with Crippen LogP contribution in [0.15, 0.2) is 0 Å². The molecule has 0 aromatic heterocycles. The van der Waals surface area contributed by atoms with E-state index in [0.717, 1.165) is 0 Å². The average molecular weight is 521 g/mol. The first-order valence-electron chi connectivity index (χ1n) is 0.123. The van der Waals surface area contributed by atoms with Crippen LogP contribution in [0.1, 0.15) is 0 Å². The number of hydrogen-bond donors (Lipinski definition) is 0. The molecule has 0 rings (SSSR count). The fraction of sp³-hybridized carbons (Fsp3) is 0. The molecule has 0 bridgehead atoms. The maximum atomic E-state index is 7.81. The maximum Gasteiger partial charge on any atom is 0 e. The maximum absolute atomic E-state index is 7.81. The zero-order valence-corrected chi connectivity index (χ0v) is 7.48. The third kappa shape index (κ3) is 17.7. The van der Waals surface area contributed by atoms with E-state index in [1.165, 1.54) is 0 Å². The molecule has 5 heteroatoms. The molecule has 0 aliphatic heterocycles. The van der Waals surface area contributed by atoms with E-state index in [9.17, 15) is 0 Å². The van der Waals surface area contributed by atoms with Gasteiger partial charge in [0.1, 0.15) is 0 Å². The third-order valence-corrected chi connectivity index (χ3v) is 0. The van der Waals surface area contributed by atoms with Crippen LogP contribution in [-0.4, -0.2) is 48.9 Å². The van der Waals surface area contributed by atoms with Crippen molar-refractivity contribution in [3.8, 4) is 0 Å². The van der Waals surface area contributed by atoms with E-state index in [-0.39, 0.29) is 139 Å². The SMILES string of the molecule is [BaH2].[Eu].[O]=[Cu].[Sm]. The van der Waals surface area contributed by atoms with Crippen molar-refractivity contribution in [1.29, 1.82) is 0 Å². The van der Waals surface area contributed by atoms with E-state index in [4.69, 9.17) is 3.83 Å². The van der Waals surface area contributed by atoms with Gasteiger partial charge in [-0.1, -0.05) is 0 Å². The molecule has 0 spiro atoms. The van der Waals surface area contributed by atoms with Crippen LogP contribution >= 0.6 is 0 Å². The number of hydrogen-bond acceptors (Lipinski definition) is 1. The summed E-state index contributed by atoms with van der Waals surface area (Å²) in [5.41, 5.74) is 0. The third-order valence-electron chi connectivity index (χ3n) is 0. The van der Waals surface area contributed by atoms with Crippen LogP contribution in [0.25, 0.3) is 0 Å². The Hall–Kier alpha value is 4.81. The molecule has 0 atom stereocenters. The molecule has 0 saturated heterocycles. The van der Waals surface area contributed by atoms with Crippen molar-refractivity contribution < 1.29 is 110 Å². The Morgan fingerprint density at radius 2 is 1.20 bits per heavy atom. The van der Waals surface area contributed by atoms with Crippen molar-refractivity contribution in [2.24, 2.45) is 0 Å². The Kier molecular flexibility index (Phi) is 105. The summed E-state index contributed by atoms with van der Waals surface area (Å²) >= 11 is 2.94. The van der Waals surface area contributed by atoms with Crippen LogP contribution < -0.4 is 0 Å². The van der Waals surface area contributed by atoms with E-state index in [1.807, 2.05) is 0 Å². The van der Waals surface area contributed by atoms with Crippen LogP contribution in [0.3, 0.4) is 0 Å². The minimum atomic E-state index is 0. The van der Waals surface area contributed by atoms with Gasteiger partial charge in [-0.15, -0.1) is 0 Å². The molecule has 0 aromatic rings. The second-order valence-electron chi connectivity index (χ2n) is 0. The van der Waals surface area contributed by atoms with E-state index in [1.54, 1.807) is 0 Å². The summed E-state index contributed by atoms with van der Waals surface area (Å²) < 4.78 is 7.81. The second kappa shape index (κ2) is 23.2. The van der Waals surface area contributed by atoms with Gasteiger partial charge in [-0.05, 0) is 0 Å². The van der Waals surface area contributed by atoms with Gasteiger partial charge in [-0.3, -0.25) is 0 Å². The minimum Gasteiger partial charge on any atom is 0 e. The molecule has 0 aliphatic rings. The molecule has 0 saturated carbocycles. The molecular formula is H2BaCuEuOSm. The Morgan fingerprint density at radius 1 is 1.20 bits per heavy atom. The van der Waals surface area contributed by atoms with Gasteiger partial charge in [0.05, 0.1) is 0 Å². The molecule has 0 amide bonds. The summed E-state index contributed by atoms with van der Waals surface area (Å²) in [6.45, 7) is 0. The summed E-state index contributed by atoms with van der Waals surface area (Å²) in [6.07, 6.45) is 0. The molecule has 1 radical (unpaired) electrons. The summed E-state index contributed by atoms with van der Waals surface area (Å²) in [5.74, 6) is 0. The summed E-state index contributed by atoms with van der Waals surface area (Å²) in [4.78, 5) is 0. The molecule has 0 aromatic carbocycles. The number of rotatable bonds is 0. The van der Waals surface area contributed by atoms with E-state index >= 15 is 0 Å². The van der Waals surface area contributed by atoms with Crippen molar-refractivity contribution in [2.75, 3.05) is 0 Å². The second-order valence-corrected chi connectivity index (χ2v) is 0. The minimum absolute atomic E-state index is 0. The monoisotopic (exact) mass is 524 g/mol. The van der Waals surface area contributed by atoms with Crippen LogP contribution in [0.5, 0.6) is 0 Å². The Balaban J connectivity index is -0.00000000167. The first-order chi connectivity index (χ1) is 1.00. The standard InChI is InChI=1S/Ba.Cu.Eu.O.Sm.2H. The molecule has 1 nitrogen and oxygen atoms in total. The molecule has 0 N–H and O–H groups in total.